The third kappa shape index (κ3) is 2.46. The Labute approximate surface area is 130 Å². The summed E-state index contributed by atoms with van der Waals surface area (Å²) in [5.74, 6) is -0.772. The molecule has 0 radical (unpaired) electrons. The SMILES string of the molecule is Cn1cnc2ccc(Oc3c(F)ccc(N)c3C#N)cc2c1=O. The topological polar surface area (TPSA) is 93.9 Å². The van der Waals surface area contributed by atoms with Gasteiger partial charge in [-0.1, -0.05) is 0 Å². The quantitative estimate of drug-likeness (QED) is 0.733. The molecule has 1 aromatic heterocycles. The maximum absolute atomic E-state index is 14.0. The summed E-state index contributed by atoms with van der Waals surface area (Å²) in [7, 11) is 1.58. The fourth-order valence-electron chi connectivity index (χ4n) is 2.16. The second-order valence-corrected chi connectivity index (χ2v) is 4.89. The van der Waals surface area contributed by atoms with Crippen LogP contribution in [0, 0.1) is 17.1 Å². The number of hydrogen-bond acceptors (Lipinski definition) is 5. The molecule has 0 fully saturated rings. The van der Waals surface area contributed by atoms with Gasteiger partial charge < -0.3 is 15.0 Å². The Morgan fingerprint density at radius 3 is 2.87 bits per heavy atom. The molecule has 0 aliphatic rings. The van der Waals surface area contributed by atoms with Crippen LogP contribution >= 0.6 is 0 Å². The number of nitrogens with two attached hydrogens (primary N) is 1. The van der Waals surface area contributed by atoms with Gasteiger partial charge in [0.15, 0.2) is 11.6 Å². The number of hydrogen-bond donors (Lipinski definition) is 1. The van der Waals surface area contributed by atoms with Crippen LogP contribution in [-0.2, 0) is 7.05 Å². The molecule has 7 heteroatoms. The van der Waals surface area contributed by atoms with Crippen LogP contribution in [0.25, 0.3) is 10.9 Å². The smallest absolute Gasteiger partial charge is 0.261 e. The number of halogens is 1. The molecule has 0 amide bonds. The number of anilines is 1. The van der Waals surface area contributed by atoms with E-state index < -0.39 is 5.82 Å². The number of nitriles is 1. The van der Waals surface area contributed by atoms with E-state index in [-0.39, 0.29) is 28.3 Å². The first-order valence-electron chi connectivity index (χ1n) is 6.62. The number of ether oxygens (including phenoxy) is 1. The number of rotatable bonds is 2. The summed E-state index contributed by atoms with van der Waals surface area (Å²) >= 11 is 0. The molecule has 2 aromatic carbocycles. The van der Waals surface area contributed by atoms with E-state index in [1.807, 2.05) is 6.07 Å². The normalized spacial score (nSPS) is 10.5. The minimum Gasteiger partial charge on any atom is -0.453 e. The van der Waals surface area contributed by atoms with E-state index in [1.54, 1.807) is 19.2 Å². The summed E-state index contributed by atoms with van der Waals surface area (Å²) in [6.07, 6.45) is 1.41. The Balaban J connectivity index is 2.14. The molecule has 0 bridgehead atoms. The Morgan fingerprint density at radius 2 is 2.13 bits per heavy atom. The Kier molecular flexibility index (Phi) is 3.43. The van der Waals surface area contributed by atoms with Crippen molar-refractivity contribution >= 4 is 16.6 Å². The van der Waals surface area contributed by atoms with Crippen molar-refractivity contribution in [3.63, 3.8) is 0 Å². The van der Waals surface area contributed by atoms with E-state index in [1.165, 1.54) is 23.0 Å². The highest BCUT2D eigenvalue weighted by Crippen LogP contribution is 2.32. The van der Waals surface area contributed by atoms with Crippen molar-refractivity contribution < 1.29 is 9.13 Å². The van der Waals surface area contributed by atoms with Crippen LogP contribution in [0.5, 0.6) is 11.5 Å². The lowest BCUT2D eigenvalue weighted by molar-refractivity contribution is 0.441. The molecule has 0 unspecified atom stereocenters. The van der Waals surface area contributed by atoms with Crippen molar-refractivity contribution in [2.75, 3.05) is 5.73 Å². The lowest BCUT2D eigenvalue weighted by Gasteiger charge is -2.10. The summed E-state index contributed by atoms with van der Waals surface area (Å²) in [5, 5.41) is 9.44. The monoisotopic (exact) mass is 310 g/mol. The van der Waals surface area contributed by atoms with Gasteiger partial charge in [0.1, 0.15) is 17.4 Å². The highest BCUT2D eigenvalue weighted by atomic mass is 19.1. The first-order chi connectivity index (χ1) is 11.0. The summed E-state index contributed by atoms with van der Waals surface area (Å²) in [5.41, 5.74) is 5.92. The number of nitrogen functional groups attached to an aromatic ring is 1. The van der Waals surface area contributed by atoms with Crippen molar-refractivity contribution in [1.82, 2.24) is 9.55 Å². The fourth-order valence-corrected chi connectivity index (χ4v) is 2.16. The third-order valence-electron chi connectivity index (χ3n) is 3.36. The van der Waals surface area contributed by atoms with Gasteiger partial charge in [0.25, 0.3) is 5.56 Å². The van der Waals surface area contributed by atoms with Gasteiger partial charge >= 0.3 is 0 Å². The molecular weight excluding hydrogens is 299 g/mol. The first kappa shape index (κ1) is 14.5. The molecule has 3 rings (SSSR count). The van der Waals surface area contributed by atoms with E-state index in [0.717, 1.165) is 6.07 Å². The molecule has 114 valence electrons. The van der Waals surface area contributed by atoms with Crippen molar-refractivity contribution in [2.45, 2.75) is 0 Å². The van der Waals surface area contributed by atoms with Crippen molar-refractivity contribution in [1.29, 1.82) is 5.26 Å². The minimum absolute atomic E-state index is 0.0933. The van der Waals surface area contributed by atoms with Gasteiger partial charge in [-0.2, -0.15) is 5.26 Å². The van der Waals surface area contributed by atoms with Crippen molar-refractivity contribution in [3.8, 4) is 17.6 Å². The predicted molar refractivity (Wildman–Crippen MR) is 82.6 cm³/mol. The third-order valence-corrected chi connectivity index (χ3v) is 3.36. The Morgan fingerprint density at radius 1 is 1.35 bits per heavy atom. The van der Waals surface area contributed by atoms with Crippen LogP contribution in [0.2, 0.25) is 0 Å². The van der Waals surface area contributed by atoms with Crippen molar-refractivity contribution in [2.24, 2.45) is 7.05 Å². The van der Waals surface area contributed by atoms with Crippen LogP contribution < -0.4 is 16.0 Å². The number of fused-ring (bicyclic) bond motifs is 1. The molecule has 3 aromatic rings. The minimum atomic E-state index is -0.713. The van der Waals surface area contributed by atoms with E-state index in [2.05, 4.69) is 4.98 Å². The average Bonchev–Trinajstić information content (AvgIpc) is 2.55. The van der Waals surface area contributed by atoms with Gasteiger partial charge in [0.05, 0.1) is 22.9 Å². The fraction of sp³-hybridized carbons (Fsp3) is 0.0625. The second-order valence-electron chi connectivity index (χ2n) is 4.89. The molecule has 0 atom stereocenters. The molecule has 0 aliphatic carbocycles. The molecule has 0 saturated carbocycles. The molecule has 2 N–H and O–H groups in total. The lowest BCUT2D eigenvalue weighted by Crippen LogP contribution is -2.16. The second kappa shape index (κ2) is 5.42. The van der Waals surface area contributed by atoms with Gasteiger partial charge in [0.2, 0.25) is 0 Å². The van der Waals surface area contributed by atoms with Gasteiger partial charge in [-0.3, -0.25) is 4.79 Å². The molecular formula is C16H11FN4O2. The zero-order chi connectivity index (χ0) is 16.6. The van der Waals surface area contributed by atoms with Crippen LogP contribution in [0.4, 0.5) is 10.1 Å². The lowest BCUT2D eigenvalue weighted by atomic mass is 10.1. The summed E-state index contributed by atoms with van der Waals surface area (Å²) < 4.78 is 20.7. The van der Waals surface area contributed by atoms with E-state index in [0.29, 0.717) is 10.9 Å². The summed E-state index contributed by atoms with van der Waals surface area (Å²) in [6.45, 7) is 0. The summed E-state index contributed by atoms with van der Waals surface area (Å²) in [6, 6.07) is 8.80. The standard InChI is InChI=1S/C16H11FN4O2/c1-21-8-20-14-5-2-9(6-10(14)16(21)22)23-15-11(7-18)13(19)4-3-12(15)17/h2-6,8H,19H2,1H3. The molecule has 23 heavy (non-hydrogen) atoms. The van der Waals surface area contributed by atoms with Gasteiger partial charge in [-0.15, -0.1) is 0 Å². The average molecular weight is 310 g/mol. The van der Waals surface area contributed by atoms with Gasteiger partial charge in [-0.25, -0.2) is 9.37 Å². The molecule has 0 saturated heterocycles. The zero-order valence-corrected chi connectivity index (χ0v) is 12.1. The summed E-state index contributed by atoms with van der Waals surface area (Å²) in [4.78, 5) is 16.2. The first-order valence-corrected chi connectivity index (χ1v) is 6.62. The number of nitrogens with zero attached hydrogens (tertiary/aromatic N) is 3. The number of benzene rings is 2. The van der Waals surface area contributed by atoms with Gasteiger partial charge in [0, 0.05) is 7.05 Å². The van der Waals surface area contributed by atoms with Crippen LogP contribution in [0.15, 0.2) is 41.5 Å². The highest BCUT2D eigenvalue weighted by molar-refractivity contribution is 5.79. The Bertz CT molecular complexity index is 1020. The zero-order valence-electron chi connectivity index (χ0n) is 12.1. The number of aryl methyl sites for hydroxylation is 1. The van der Waals surface area contributed by atoms with Crippen molar-refractivity contribution in [3.05, 3.63) is 58.4 Å². The van der Waals surface area contributed by atoms with Crippen LogP contribution in [0.3, 0.4) is 0 Å². The molecule has 6 nitrogen and oxygen atoms in total. The molecule has 1 heterocycles. The van der Waals surface area contributed by atoms with E-state index in [9.17, 15) is 9.18 Å². The number of aromatic nitrogens is 2. The molecule has 0 spiro atoms. The maximum atomic E-state index is 14.0. The highest BCUT2D eigenvalue weighted by Gasteiger charge is 2.15. The molecule has 0 aliphatic heterocycles. The van der Waals surface area contributed by atoms with E-state index >= 15 is 0 Å². The van der Waals surface area contributed by atoms with Crippen LogP contribution in [-0.4, -0.2) is 9.55 Å². The van der Waals surface area contributed by atoms with Crippen LogP contribution in [0.1, 0.15) is 5.56 Å². The largest absolute Gasteiger partial charge is 0.453 e. The predicted octanol–water partition coefficient (Wildman–Crippen LogP) is 2.32. The van der Waals surface area contributed by atoms with E-state index in [4.69, 9.17) is 15.7 Å². The maximum Gasteiger partial charge on any atom is 0.261 e. The Hall–Kier alpha value is -3.40. The van der Waals surface area contributed by atoms with Gasteiger partial charge in [-0.05, 0) is 30.3 Å².